The first kappa shape index (κ1) is 13.5. The fourth-order valence-electron chi connectivity index (χ4n) is 2.04. The smallest absolute Gasteiger partial charge is 0.348 e. The number of aromatic carboxylic acids is 1. The molecule has 0 radical (unpaired) electrons. The number of hydrogen-bond acceptors (Lipinski definition) is 5. The van der Waals surface area contributed by atoms with Gasteiger partial charge in [-0.05, 0) is 18.9 Å². The number of rotatable bonds is 4. The molecule has 1 heterocycles. The second-order valence-electron chi connectivity index (χ2n) is 4.81. The summed E-state index contributed by atoms with van der Waals surface area (Å²) in [6.07, 6.45) is 1.58. The van der Waals surface area contributed by atoms with E-state index in [1.165, 1.54) is 18.2 Å². The third-order valence-electron chi connectivity index (χ3n) is 3.27. The number of anilines is 1. The van der Waals surface area contributed by atoms with Gasteiger partial charge in [-0.25, -0.2) is 4.79 Å². The van der Waals surface area contributed by atoms with E-state index in [1.807, 2.05) is 0 Å². The molecule has 3 rings (SSSR count). The summed E-state index contributed by atoms with van der Waals surface area (Å²) in [5.74, 6) is -1.48. The number of nitro groups is 1. The molecule has 0 spiro atoms. The zero-order valence-corrected chi connectivity index (χ0v) is 11.5. The summed E-state index contributed by atoms with van der Waals surface area (Å²) in [5, 5.41) is 23.1. The lowest BCUT2D eigenvalue weighted by Crippen LogP contribution is -2.15. The Morgan fingerprint density at radius 2 is 2.10 bits per heavy atom. The van der Waals surface area contributed by atoms with Gasteiger partial charge in [-0.2, -0.15) is 0 Å². The third kappa shape index (κ3) is 2.45. The summed E-state index contributed by atoms with van der Waals surface area (Å²) < 4.78 is 0.587. The second kappa shape index (κ2) is 4.81. The van der Waals surface area contributed by atoms with Gasteiger partial charge in [0.2, 0.25) is 5.91 Å². The van der Waals surface area contributed by atoms with Crippen LogP contribution in [-0.2, 0) is 4.79 Å². The highest BCUT2D eigenvalue weighted by Gasteiger charge is 2.31. The van der Waals surface area contributed by atoms with Crippen LogP contribution in [0.5, 0.6) is 0 Å². The summed E-state index contributed by atoms with van der Waals surface area (Å²) in [6, 6.07) is 4.11. The zero-order valence-electron chi connectivity index (χ0n) is 10.7. The monoisotopic (exact) mass is 306 g/mol. The van der Waals surface area contributed by atoms with Crippen molar-refractivity contribution in [1.29, 1.82) is 0 Å². The van der Waals surface area contributed by atoms with E-state index in [4.69, 9.17) is 0 Å². The predicted octanol–water partition coefficient (Wildman–Crippen LogP) is 2.86. The molecule has 2 aromatic rings. The molecular formula is C13H10N2O5S. The van der Waals surface area contributed by atoms with Crippen LogP contribution in [0.2, 0.25) is 0 Å². The maximum Gasteiger partial charge on any atom is 0.348 e. The van der Waals surface area contributed by atoms with E-state index in [0.29, 0.717) is 10.1 Å². The lowest BCUT2D eigenvalue weighted by molar-refractivity contribution is -0.384. The fourth-order valence-corrected chi connectivity index (χ4v) is 3.02. The summed E-state index contributed by atoms with van der Waals surface area (Å²) >= 11 is 0.990. The van der Waals surface area contributed by atoms with Crippen LogP contribution in [0.1, 0.15) is 22.5 Å². The maximum atomic E-state index is 11.9. The lowest BCUT2D eigenvalue weighted by Gasteiger charge is -2.04. The average molecular weight is 306 g/mol. The molecule has 0 atom stereocenters. The molecule has 1 amide bonds. The van der Waals surface area contributed by atoms with Crippen molar-refractivity contribution in [3.05, 3.63) is 33.2 Å². The van der Waals surface area contributed by atoms with Crippen molar-refractivity contribution in [2.45, 2.75) is 12.8 Å². The molecule has 0 bridgehead atoms. The Balaban J connectivity index is 2.13. The molecule has 7 nitrogen and oxygen atoms in total. The summed E-state index contributed by atoms with van der Waals surface area (Å²) in [7, 11) is 0. The number of carboxylic acid groups (broad SMARTS) is 1. The largest absolute Gasteiger partial charge is 0.477 e. The second-order valence-corrected chi connectivity index (χ2v) is 5.86. The normalized spacial score (nSPS) is 14.1. The molecule has 1 aliphatic carbocycles. The van der Waals surface area contributed by atoms with Crippen molar-refractivity contribution in [3.8, 4) is 0 Å². The minimum Gasteiger partial charge on any atom is -0.477 e. The fraction of sp³-hybridized carbons (Fsp3) is 0.231. The average Bonchev–Trinajstić information content (AvgIpc) is 3.22. The van der Waals surface area contributed by atoms with Gasteiger partial charge >= 0.3 is 5.97 Å². The molecule has 1 aromatic carbocycles. The standard InChI is InChI=1S/C13H10N2O5S/c16-12(6-1-2-6)14-10-8-5-7(15(19)20)3-4-9(8)21-11(10)13(17)18/h3-6H,1-2H2,(H,14,16)(H,17,18). The Labute approximate surface area is 122 Å². The number of nitrogens with zero attached hydrogens (tertiary/aromatic N) is 1. The van der Waals surface area contributed by atoms with Gasteiger partial charge in [-0.3, -0.25) is 14.9 Å². The Morgan fingerprint density at radius 1 is 1.38 bits per heavy atom. The number of thiophene rings is 1. The van der Waals surface area contributed by atoms with Gasteiger partial charge in [0.1, 0.15) is 4.88 Å². The minimum atomic E-state index is -1.16. The highest BCUT2D eigenvalue weighted by Crippen LogP contribution is 2.39. The van der Waals surface area contributed by atoms with Gasteiger partial charge in [0.15, 0.2) is 0 Å². The van der Waals surface area contributed by atoms with Crippen LogP contribution in [0.3, 0.4) is 0 Å². The highest BCUT2D eigenvalue weighted by molar-refractivity contribution is 7.21. The summed E-state index contributed by atoms with van der Waals surface area (Å²) in [5.41, 5.74) is 0.0160. The SMILES string of the molecule is O=C(O)c1sc2ccc([N+](=O)[O-])cc2c1NC(=O)C1CC1. The van der Waals surface area contributed by atoms with Gasteiger partial charge < -0.3 is 10.4 Å². The van der Waals surface area contributed by atoms with E-state index in [0.717, 1.165) is 24.2 Å². The van der Waals surface area contributed by atoms with E-state index >= 15 is 0 Å². The van der Waals surface area contributed by atoms with E-state index in [9.17, 15) is 24.8 Å². The number of carboxylic acids is 1. The molecule has 1 saturated carbocycles. The number of hydrogen-bond donors (Lipinski definition) is 2. The molecule has 1 fully saturated rings. The van der Waals surface area contributed by atoms with E-state index < -0.39 is 10.9 Å². The summed E-state index contributed by atoms with van der Waals surface area (Å²) in [6.45, 7) is 0. The molecule has 0 saturated heterocycles. The molecule has 108 valence electrons. The molecule has 1 aromatic heterocycles. The van der Waals surface area contributed by atoms with Gasteiger partial charge in [0.25, 0.3) is 5.69 Å². The van der Waals surface area contributed by atoms with Crippen LogP contribution in [0, 0.1) is 16.0 Å². The van der Waals surface area contributed by atoms with Crippen molar-refractivity contribution in [3.63, 3.8) is 0 Å². The zero-order chi connectivity index (χ0) is 15.1. The topological polar surface area (TPSA) is 110 Å². The van der Waals surface area contributed by atoms with Gasteiger partial charge in [-0.15, -0.1) is 11.3 Å². The van der Waals surface area contributed by atoms with Crippen LogP contribution < -0.4 is 5.32 Å². The third-order valence-corrected chi connectivity index (χ3v) is 4.43. The number of amides is 1. The molecule has 0 aliphatic heterocycles. The minimum absolute atomic E-state index is 0.0144. The van der Waals surface area contributed by atoms with Crippen molar-refractivity contribution < 1.29 is 19.6 Å². The van der Waals surface area contributed by atoms with Crippen LogP contribution in [0.15, 0.2) is 18.2 Å². The Bertz CT molecular complexity index is 778. The number of carbonyl (C=O) groups is 2. The first-order chi connectivity index (χ1) is 9.97. The number of benzene rings is 1. The highest BCUT2D eigenvalue weighted by atomic mass is 32.1. The quantitative estimate of drug-likeness (QED) is 0.666. The predicted molar refractivity (Wildman–Crippen MR) is 76.8 cm³/mol. The molecular weight excluding hydrogens is 296 g/mol. The first-order valence-electron chi connectivity index (χ1n) is 6.22. The number of nitro benzene ring substituents is 1. The van der Waals surface area contributed by atoms with Gasteiger partial charge in [0.05, 0.1) is 10.6 Å². The van der Waals surface area contributed by atoms with Crippen LogP contribution >= 0.6 is 11.3 Å². The van der Waals surface area contributed by atoms with Crippen molar-refractivity contribution in [2.24, 2.45) is 5.92 Å². The Morgan fingerprint density at radius 3 is 2.67 bits per heavy atom. The first-order valence-corrected chi connectivity index (χ1v) is 7.04. The van der Waals surface area contributed by atoms with Gasteiger partial charge in [0, 0.05) is 28.1 Å². The van der Waals surface area contributed by atoms with Crippen molar-refractivity contribution in [2.75, 3.05) is 5.32 Å². The van der Waals surface area contributed by atoms with Crippen LogP contribution in [0.25, 0.3) is 10.1 Å². The van der Waals surface area contributed by atoms with Crippen molar-refractivity contribution >= 4 is 44.7 Å². The summed E-state index contributed by atoms with van der Waals surface area (Å²) in [4.78, 5) is 33.5. The van der Waals surface area contributed by atoms with Crippen LogP contribution in [0.4, 0.5) is 11.4 Å². The Hall–Kier alpha value is -2.48. The molecule has 21 heavy (non-hydrogen) atoms. The number of non-ortho nitro benzene ring substituents is 1. The number of fused-ring (bicyclic) bond motifs is 1. The van der Waals surface area contributed by atoms with E-state index in [-0.39, 0.29) is 28.1 Å². The molecule has 8 heteroatoms. The Kier molecular flexibility index (Phi) is 3.09. The molecule has 0 unspecified atom stereocenters. The van der Waals surface area contributed by atoms with Gasteiger partial charge in [-0.1, -0.05) is 0 Å². The van der Waals surface area contributed by atoms with E-state index in [2.05, 4.69) is 5.32 Å². The molecule has 2 N–H and O–H groups in total. The molecule has 1 aliphatic rings. The van der Waals surface area contributed by atoms with E-state index in [1.54, 1.807) is 0 Å². The van der Waals surface area contributed by atoms with Crippen LogP contribution in [-0.4, -0.2) is 21.9 Å². The van der Waals surface area contributed by atoms with Crippen molar-refractivity contribution in [1.82, 2.24) is 0 Å². The number of carbonyl (C=O) groups excluding carboxylic acids is 1. The maximum absolute atomic E-state index is 11.9. The lowest BCUT2D eigenvalue weighted by atomic mass is 10.2. The number of nitrogens with one attached hydrogen (secondary N) is 1.